The van der Waals surface area contributed by atoms with Crippen LogP contribution >= 0.6 is 0 Å². The van der Waals surface area contributed by atoms with E-state index in [0.717, 1.165) is 11.0 Å². The molecule has 11 nitrogen and oxygen atoms in total. The van der Waals surface area contributed by atoms with Crippen LogP contribution in [0.25, 0.3) is 0 Å². The topological polar surface area (TPSA) is 150 Å². The number of anilines is 1. The van der Waals surface area contributed by atoms with Crippen LogP contribution in [-0.4, -0.2) is 27.6 Å². The fourth-order valence-corrected chi connectivity index (χ4v) is 3.56. The molecule has 4 rings (SSSR count). The number of fused-ring (bicyclic) bond motifs is 1. The Morgan fingerprint density at radius 2 is 1.65 bits per heavy atom. The van der Waals surface area contributed by atoms with Gasteiger partial charge in [0.05, 0.1) is 26.7 Å². The molecule has 3 aromatic carbocycles. The average molecular weight is 461 g/mol. The van der Waals surface area contributed by atoms with Crippen molar-refractivity contribution in [1.82, 2.24) is 0 Å². The highest BCUT2D eigenvalue weighted by atomic mass is 16.6. The van der Waals surface area contributed by atoms with E-state index in [2.05, 4.69) is 0 Å². The summed E-state index contributed by atoms with van der Waals surface area (Å²) in [6.07, 6.45) is 0. The summed E-state index contributed by atoms with van der Waals surface area (Å²) >= 11 is 0. The molecule has 0 saturated carbocycles. The first kappa shape index (κ1) is 22.3. The lowest BCUT2D eigenvalue weighted by molar-refractivity contribution is -0.385. The zero-order valence-electron chi connectivity index (χ0n) is 17.6. The van der Waals surface area contributed by atoms with E-state index in [1.807, 2.05) is 0 Å². The van der Waals surface area contributed by atoms with E-state index in [-0.39, 0.29) is 34.7 Å². The molecule has 0 unspecified atom stereocenters. The van der Waals surface area contributed by atoms with E-state index < -0.39 is 33.3 Å². The SMILES string of the molecule is Cc1ccc(C(=O)OCc2ccc([N+](=O)[O-])cc2)cc1N1C(=O)c2cccc([N+](=O)[O-])c2C1=O. The summed E-state index contributed by atoms with van der Waals surface area (Å²) in [5, 5.41) is 22.1. The van der Waals surface area contributed by atoms with Gasteiger partial charge in [0.15, 0.2) is 0 Å². The first-order valence-electron chi connectivity index (χ1n) is 9.86. The van der Waals surface area contributed by atoms with Crippen LogP contribution in [0.2, 0.25) is 0 Å². The Kier molecular flexibility index (Phi) is 5.60. The van der Waals surface area contributed by atoms with Gasteiger partial charge in [-0.3, -0.25) is 29.8 Å². The zero-order chi connectivity index (χ0) is 24.6. The molecule has 0 aliphatic carbocycles. The van der Waals surface area contributed by atoms with Crippen LogP contribution in [0.3, 0.4) is 0 Å². The standard InChI is InChI=1S/C23H15N3O8/c1-13-5-8-15(23(29)34-12-14-6-9-16(10-7-14)25(30)31)11-19(13)24-21(27)17-3-2-4-18(26(32)33)20(17)22(24)28/h2-11H,12H2,1H3. The molecule has 11 heteroatoms. The highest BCUT2D eigenvalue weighted by molar-refractivity contribution is 6.36. The number of nitro groups is 2. The van der Waals surface area contributed by atoms with Gasteiger partial charge < -0.3 is 4.74 Å². The van der Waals surface area contributed by atoms with Gasteiger partial charge in [0, 0.05) is 18.2 Å². The van der Waals surface area contributed by atoms with Gasteiger partial charge in [0.25, 0.3) is 23.2 Å². The molecule has 3 aromatic rings. The Bertz CT molecular complexity index is 1380. The largest absolute Gasteiger partial charge is 0.457 e. The normalized spacial score (nSPS) is 12.4. The molecule has 0 saturated heterocycles. The Hall–Kier alpha value is -4.93. The molecule has 34 heavy (non-hydrogen) atoms. The summed E-state index contributed by atoms with van der Waals surface area (Å²) in [5.74, 6) is -2.34. The molecule has 0 bridgehead atoms. The van der Waals surface area contributed by atoms with Crippen molar-refractivity contribution in [3.63, 3.8) is 0 Å². The predicted octanol–water partition coefficient (Wildman–Crippen LogP) is 3.97. The van der Waals surface area contributed by atoms with E-state index >= 15 is 0 Å². The fraction of sp³-hybridized carbons (Fsp3) is 0.0870. The smallest absolute Gasteiger partial charge is 0.338 e. The molecule has 0 N–H and O–H groups in total. The maximum atomic E-state index is 13.0. The number of hydrogen-bond donors (Lipinski definition) is 0. The number of hydrogen-bond acceptors (Lipinski definition) is 8. The molecule has 0 fully saturated rings. The van der Waals surface area contributed by atoms with E-state index in [4.69, 9.17) is 4.74 Å². The Labute approximate surface area is 191 Å². The lowest BCUT2D eigenvalue weighted by Gasteiger charge is -2.17. The summed E-state index contributed by atoms with van der Waals surface area (Å²) in [5.41, 5.74) is 0.198. The Balaban J connectivity index is 1.59. The van der Waals surface area contributed by atoms with Crippen molar-refractivity contribution >= 4 is 34.8 Å². The maximum absolute atomic E-state index is 13.0. The summed E-state index contributed by atoms with van der Waals surface area (Å²) < 4.78 is 5.25. The second-order valence-electron chi connectivity index (χ2n) is 7.40. The van der Waals surface area contributed by atoms with Crippen LogP contribution in [-0.2, 0) is 11.3 Å². The number of nitrogens with zero attached hydrogens (tertiary/aromatic N) is 3. The van der Waals surface area contributed by atoms with Crippen LogP contribution in [0.4, 0.5) is 17.1 Å². The third-order valence-electron chi connectivity index (χ3n) is 5.29. The molecular weight excluding hydrogens is 446 g/mol. The fourth-order valence-electron chi connectivity index (χ4n) is 3.56. The highest BCUT2D eigenvalue weighted by Gasteiger charge is 2.42. The number of ether oxygens (including phenoxy) is 1. The number of aryl methyl sites for hydroxylation is 1. The van der Waals surface area contributed by atoms with Crippen LogP contribution in [0, 0.1) is 27.2 Å². The van der Waals surface area contributed by atoms with Crippen molar-refractivity contribution in [1.29, 1.82) is 0 Å². The Morgan fingerprint density at radius 3 is 2.29 bits per heavy atom. The number of imide groups is 1. The van der Waals surface area contributed by atoms with E-state index in [9.17, 15) is 34.6 Å². The molecular formula is C23H15N3O8. The van der Waals surface area contributed by atoms with E-state index in [1.54, 1.807) is 6.92 Å². The van der Waals surface area contributed by atoms with Crippen LogP contribution in [0.5, 0.6) is 0 Å². The number of rotatable bonds is 6. The minimum absolute atomic E-state index is 0.0496. The Morgan fingerprint density at radius 1 is 0.941 bits per heavy atom. The molecule has 0 spiro atoms. The summed E-state index contributed by atoms with van der Waals surface area (Å²) in [6.45, 7) is 1.47. The number of benzene rings is 3. The lowest BCUT2D eigenvalue weighted by Crippen LogP contribution is -2.30. The third-order valence-corrected chi connectivity index (χ3v) is 5.29. The molecule has 1 heterocycles. The van der Waals surface area contributed by atoms with Crippen molar-refractivity contribution in [2.45, 2.75) is 13.5 Å². The van der Waals surface area contributed by atoms with Crippen LogP contribution < -0.4 is 4.90 Å². The highest BCUT2D eigenvalue weighted by Crippen LogP contribution is 2.35. The number of nitro benzene ring substituents is 2. The van der Waals surface area contributed by atoms with Crippen molar-refractivity contribution in [3.05, 3.63) is 109 Å². The minimum Gasteiger partial charge on any atom is -0.457 e. The monoisotopic (exact) mass is 461 g/mol. The predicted molar refractivity (Wildman–Crippen MR) is 118 cm³/mol. The van der Waals surface area contributed by atoms with Crippen LogP contribution in [0.1, 0.15) is 42.2 Å². The summed E-state index contributed by atoms with van der Waals surface area (Å²) in [7, 11) is 0. The van der Waals surface area contributed by atoms with E-state index in [0.29, 0.717) is 11.1 Å². The quantitative estimate of drug-likeness (QED) is 0.232. The minimum atomic E-state index is -0.855. The van der Waals surface area contributed by atoms with Crippen molar-refractivity contribution in [2.24, 2.45) is 0 Å². The second kappa shape index (κ2) is 8.54. The van der Waals surface area contributed by atoms with Crippen LogP contribution in [0.15, 0.2) is 60.7 Å². The van der Waals surface area contributed by atoms with E-state index in [1.165, 1.54) is 54.6 Å². The first-order valence-corrected chi connectivity index (χ1v) is 9.86. The van der Waals surface area contributed by atoms with Gasteiger partial charge in [-0.25, -0.2) is 9.69 Å². The summed E-state index contributed by atoms with van der Waals surface area (Å²) in [6, 6.07) is 13.6. The van der Waals surface area contributed by atoms with Gasteiger partial charge in [-0.2, -0.15) is 0 Å². The second-order valence-corrected chi connectivity index (χ2v) is 7.40. The van der Waals surface area contributed by atoms with Crippen molar-refractivity contribution < 1.29 is 29.0 Å². The van der Waals surface area contributed by atoms with Gasteiger partial charge in [-0.15, -0.1) is 0 Å². The number of non-ortho nitro benzene ring substituents is 1. The van der Waals surface area contributed by atoms with Crippen molar-refractivity contribution in [2.75, 3.05) is 4.90 Å². The molecule has 0 radical (unpaired) electrons. The number of amides is 2. The molecule has 1 aliphatic heterocycles. The zero-order valence-corrected chi connectivity index (χ0v) is 17.6. The average Bonchev–Trinajstić information content (AvgIpc) is 3.08. The third kappa shape index (κ3) is 3.86. The molecule has 1 aliphatic rings. The number of carbonyl (C=O) groups is 3. The maximum Gasteiger partial charge on any atom is 0.338 e. The van der Waals surface area contributed by atoms with Gasteiger partial charge in [-0.1, -0.05) is 12.1 Å². The van der Waals surface area contributed by atoms with Gasteiger partial charge in [0.2, 0.25) is 0 Å². The number of esters is 1. The first-order chi connectivity index (χ1) is 16.2. The molecule has 0 atom stereocenters. The van der Waals surface area contributed by atoms with Crippen molar-refractivity contribution in [3.8, 4) is 0 Å². The van der Waals surface area contributed by atoms with Gasteiger partial charge in [-0.05, 0) is 48.4 Å². The lowest BCUT2D eigenvalue weighted by atomic mass is 10.1. The molecule has 0 aromatic heterocycles. The van der Waals surface area contributed by atoms with Gasteiger partial charge >= 0.3 is 5.97 Å². The van der Waals surface area contributed by atoms with Gasteiger partial charge in [0.1, 0.15) is 12.2 Å². The molecule has 170 valence electrons. The molecule has 2 amide bonds. The number of carbonyl (C=O) groups excluding carboxylic acids is 3. The summed E-state index contributed by atoms with van der Waals surface area (Å²) in [4.78, 5) is 60.1.